The molecule has 1 amide bonds. The number of alkyl halides is 4. The van der Waals surface area contributed by atoms with Crippen LogP contribution in [0, 0.1) is 11.8 Å². The Balaban J connectivity index is 2.53. The molecule has 0 bridgehead atoms. The Hall–Kier alpha value is -1.71. The molecule has 0 aromatic heterocycles. The number of hydrogen-bond acceptors (Lipinski definition) is 5. The fourth-order valence-corrected chi connectivity index (χ4v) is 4.19. The summed E-state index contributed by atoms with van der Waals surface area (Å²) in [4.78, 5) is 37.4. The first kappa shape index (κ1) is 24.6. The van der Waals surface area contributed by atoms with Gasteiger partial charge in [0.05, 0.1) is 0 Å². The second-order valence-electron chi connectivity index (χ2n) is 9.12. The van der Waals surface area contributed by atoms with Gasteiger partial charge < -0.3 is 4.74 Å². The van der Waals surface area contributed by atoms with Crippen LogP contribution in [0.15, 0.2) is 0 Å². The summed E-state index contributed by atoms with van der Waals surface area (Å²) in [6.45, 7) is 6.09. The van der Waals surface area contributed by atoms with Gasteiger partial charge in [-0.2, -0.15) is 17.6 Å². The number of carbonyl (C=O) groups is 2. The number of carbonyl (C=O) groups excluding carboxylic acids is 3. The maximum atomic E-state index is 16.5. The molecule has 0 aromatic carbocycles. The third-order valence-corrected chi connectivity index (χ3v) is 5.62. The van der Waals surface area contributed by atoms with E-state index >= 15 is 4.39 Å². The average Bonchev–Trinajstić information content (AvgIpc) is 3.14. The van der Waals surface area contributed by atoms with Gasteiger partial charge >= 0.3 is 24.0 Å². The Morgan fingerprint density at radius 2 is 1.63 bits per heavy atom. The van der Waals surface area contributed by atoms with E-state index in [0.29, 0.717) is 12.8 Å². The Morgan fingerprint density at radius 3 is 2.07 bits per heavy atom. The first-order chi connectivity index (χ1) is 13.7. The normalized spacial score (nSPS) is 27.9. The molecule has 0 aromatic rings. The molecule has 10 heteroatoms. The number of likely N-dealkylation sites (tertiary alicyclic amines) is 1. The Kier molecular flexibility index (Phi) is 7.21. The van der Waals surface area contributed by atoms with Gasteiger partial charge in [0.2, 0.25) is 6.29 Å². The van der Waals surface area contributed by atoms with Gasteiger partial charge in [0.25, 0.3) is 0 Å². The highest BCUT2D eigenvalue weighted by Crippen LogP contribution is 2.40. The van der Waals surface area contributed by atoms with Gasteiger partial charge in [-0.25, -0.2) is 9.69 Å². The Labute approximate surface area is 173 Å². The molecule has 4 atom stereocenters. The second kappa shape index (κ2) is 8.80. The van der Waals surface area contributed by atoms with Crippen molar-refractivity contribution < 1.29 is 36.7 Å². The van der Waals surface area contributed by atoms with Crippen LogP contribution in [0.25, 0.3) is 0 Å². The van der Waals surface area contributed by atoms with Crippen molar-refractivity contribution in [1.29, 1.82) is 0 Å². The van der Waals surface area contributed by atoms with Gasteiger partial charge in [-0.15, -0.1) is 0 Å². The van der Waals surface area contributed by atoms with E-state index in [-0.39, 0.29) is 37.3 Å². The third kappa shape index (κ3) is 5.12. The van der Waals surface area contributed by atoms with E-state index in [0.717, 1.165) is 4.90 Å². The highest BCUT2D eigenvalue weighted by molar-refractivity contribution is 5.89. The van der Waals surface area contributed by atoms with Gasteiger partial charge in [-0.3, -0.25) is 14.5 Å². The van der Waals surface area contributed by atoms with Crippen LogP contribution in [0.1, 0.15) is 59.8 Å². The fraction of sp³-hybridized carbons (Fsp3) is 0.850. The topological polar surface area (TPSA) is 66.9 Å². The molecule has 171 valence electrons. The largest absolute Gasteiger partial charge is 0.471 e. The summed E-state index contributed by atoms with van der Waals surface area (Å²) in [5.74, 6) is -8.27. The molecule has 2 aliphatic rings. The smallest absolute Gasteiger partial charge is 0.455 e. The molecule has 1 aliphatic heterocycles. The number of ether oxygens (including phenoxy) is 1. The third-order valence-electron chi connectivity index (χ3n) is 5.62. The summed E-state index contributed by atoms with van der Waals surface area (Å²) in [5.41, 5.74) is -1.17. The van der Waals surface area contributed by atoms with Crippen LogP contribution in [0.5, 0.6) is 0 Å². The predicted molar refractivity (Wildman–Crippen MR) is 99.4 cm³/mol. The van der Waals surface area contributed by atoms with Gasteiger partial charge in [0.1, 0.15) is 5.60 Å². The standard InChI is InChI=1S/C20H29F4N2O4/c1-13-11-15(8-7-14(13)12-27)26(16(28)19(21,22)23)20(24,25-9-5-6-10-25)17(29)30-18(2,3)4/h13-15H,5-11H2,1-4H3/t13-,14-,15-,20?/m0/s1. The quantitative estimate of drug-likeness (QED) is 0.375. The molecule has 6 nitrogen and oxygen atoms in total. The fourth-order valence-electron chi connectivity index (χ4n) is 4.19. The monoisotopic (exact) mass is 437 g/mol. The molecule has 30 heavy (non-hydrogen) atoms. The number of rotatable bonds is 5. The van der Waals surface area contributed by atoms with Crippen LogP contribution in [0.3, 0.4) is 0 Å². The number of amides is 1. The van der Waals surface area contributed by atoms with Crippen molar-refractivity contribution in [2.24, 2.45) is 11.8 Å². The van der Waals surface area contributed by atoms with Crippen LogP contribution in [-0.4, -0.2) is 64.8 Å². The zero-order valence-electron chi connectivity index (χ0n) is 17.7. The van der Waals surface area contributed by atoms with Crippen molar-refractivity contribution in [3.05, 3.63) is 0 Å². The molecule has 1 aliphatic carbocycles. The van der Waals surface area contributed by atoms with E-state index in [1.165, 1.54) is 20.8 Å². The Bertz CT molecular complexity index is 658. The molecule has 1 radical (unpaired) electrons. The number of halogens is 4. The highest BCUT2D eigenvalue weighted by Gasteiger charge is 2.62. The number of nitrogens with zero attached hydrogens (tertiary/aromatic N) is 2. The minimum atomic E-state index is -5.38. The molecule has 1 unspecified atom stereocenters. The van der Waals surface area contributed by atoms with E-state index in [2.05, 4.69) is 0 Å². The molecular weight excluding hydrogens is 408 g/mol. The lowest BCUT2D eigenvalue weighted by molar-refractivity contribution is -0.240. The predicted octanol–water partition coefficient (Wildman–Crippen LogP) is 3.35. The summed E-state index contributed by atoms with van der Waals surface area (Å²) >= 11 is 0. The van der Waals surface area contributed by atoms with E-state index in [9.17, 15) is 27.6 Å². The zero-order valence-corrected chi connectivity index (χ0v) is 17.7. The van der Waals surface area contributed by atoms with Crippen LogP contribution in [-0.2, 0) is 19.1 Å². The first-order valence-electron chi connectivity index (χ1n) is 10.2. The van der Waals surface area contributed by atoms with Crippen LogP contribution < -0.4 is 0 Å². The molecule has 0 N–H and O–H groups in total. The molecular formula is C20H29F4N2O4. The van der Waals surface area contributed by atoms with E-state index in [1.807, 2.05) is 6.29 Å². The maximum Gasteiger partial charge on any atom is 0.471 e. The number of esters is 1. The van der Waals surface area contributed by atoms with Crippen molar-refractivity contribution in [3.63, 3.8) is 0 Å². The summed E-state index contributed by atoms with van der Waals surface area (Å²) < 4.78 is 62.2. The van der Waals surface area contributed by atoms with Crippen molar-refractivity contribution in [2.45, 2.75) is 83.5 Å². The molecule has 2 rings (SSSR count). The maximum absolute atomic E-state index is 16.5. The second-order valence-corrected chi connectivity index (χ2v) is 9.12. The average molecular weight is 437 g/mol. The van der Waals surface area contributed by atoms with Gasteiger partial charge in [-0.05, 0) is 58.8 Å². The lowest BCUT2D eigenvalue weighted by atomic mass is 9.78. The van der Waals surface area contributed by atoms with E-state index in [1.54, 1.807) is 6.92 Å². The zero-order chi connectivity index (χ0) is 22.9. The van der Waals surface area contributed by atoms with Crippen molar-refractivity contribution in [2.75, 3.05) is 13.1 Å². The summed E-state index contributed by atoms with van der Waals surface area (Å²) in [7, 11) is 0. The van der Waals surface area contributed by atoms with Crippen molar-refractivity contribution in [1.82, 2.24) is 9.80 Å². The Morgan fingerprint density at radius 1 is 1.07 bits per heavy atom. The first-order valence-corrected chi connectivity index (χ1v) is 10.2. The van der Waals surface area contributed by atoms with Crippen LogP contribution in [0.4, 0.5) is 17.6 Å². The minimum Gasteiger partial charge on any atom is -0.455 e. The van der Waals surface area contributed by atoms with Gasteiger partial charge in [0.15, 0.2) is 0 Å². The lowest BCUT2D eigenvalue weighted by Crippen LogP contribution is -2.69. The van der Waals surface area contributed by atoms with E-state index in [4.69, 9.17) is 4.74 Å². The number of hydrogen-bond donors (Lipinski definition) is 0. The summed E-state index contributed by atoms with van der Waals surface area (Å²) in [6.07, 6.45) is -2.52. The lowest BCUT2D eigenvalue weighted by Gasteiger charge is -2.47. The molecule has 1 saturated heterocycles. The van der Waals surface area contributed by atoms with Crippen molar-refractivity contribution >= 4 is 18.2 Å². The molecule has 1 heterocycles. The summed E-state index contributed by atoms with van der Waals surface area (Å²) in [6, 6.07) is -1.21. The van der Waals surface area contributed by atoms with Gasteiger partial charge in [-0.1, -0.05) is 6.92 Å². The van der Waals surface area contributed by atoms with Crippen LogP contribution in [0.2, 0.25) is 0 Å². The highest BCUT2D eigenvalue weighted by atomic mass is 19.4. The molecule has 2 fully saturated rings. The minimum absolute atomic E-state index is 0.0182. The summed E-state index contributed by atoms with van der Waals surface area (Å²) in [5, 5.41) is 0. The SMILES string of the molecule is C[C@H]1C[C@@H](N(C(=O)C(F)(F)F)C(F)(C(=O)OC(C)(C)C)N2CCCC2)CC[C@H]1[C]=O. The van der Waals surface area contributed by atoms with Gasteiger partial charge in [0, 0.05) is 25.0 Å². The van der Waals surface area contributed by atoms with Crippen LogP contribution >= 0.6 is 0 Å². The molecule has 0 spiro atoms. The van der Waals surface area contributed by atoms with E-state index < -0.39 is 47.4 Å². The van der Waals surface area contributed by atoms with Crippen molar-refractivity contribution in [3.8, 4) is 0 Å². The molecule has 1 saturated carbocycles.